The van der Waals surface area contributed by atoms with E-state index in [2.05, 4.69) is 5.10 Å². The molecule has 1 aliphatic rings. The van der Waals surface area contributed by atoms with E-state index in [1.54, 1.807) is 25.2 Å². The second-order valence-corrected chi connectivity index (χ2v) is 3.73. The van der Waals surface area contributed by atoms with Gasteiger partial charge in [-0.1, -0.05) is 24.3 Å². The molecule has 0 saturated carbocycles. The third-order valence-electron chi connectivity index (χ3n) is 2.52. The number of hydrogen-bond acceptors (Lipinski definition) is 2. The summed E-state index contributed by atoms with van der Waals surface area (Å²) in [5.41, 5.74) is 0.0883. The van der Waals surface area contributed by atoms with Gasteiger partial charge in [-0.25, -0.2) is 0 Å². The van der Waals surface area contributed by atoms with Gasteiger partial charge in [0.15, 0.2) is 5.71 Å². The van der Waals surface area contributed by atoms with Crippen LogP contribution in [-0.4, -0.2) is 30.5 Å². The van der Waals surface area contributed by atoms with E-state index < -0.39 is 11.9 Å². The van der Waals surface area contributed by atoms with Gasteiger partial charge < -0.3 is 0 Å². The fourth-order valence-electron chi connectivity index (χ4n) is 1.74. The number of fused-ring (bicyclic) bond motifs is 1. The lowest BCUT2D eigenvalue weighted by Crippen LogP contribution is -2.26. The molecule has 0 saturated heterocycles. The Balaban J connectivity index is 2.55. The maximum absolute atomic E-state index is 12.8. The molecule has 2 nitrogen and oxygen atoms in total. The van der Waals surface area contributed by atoms with Crippen LogP contribution < -0.4 is 0 Å². The molecule has 0 bridgehead atoms. The van der Waals surface area contributed by atoms with E-state index in [0.29, 0.717) is 18.5 Å². The van der Waals surface area contributed by atoms with Crippen molar-refractivity contribution in [3.05, 3.63) is 35.4 Å². The molecule has 0 atom stereocenters. The molecule has 0 aromatic heterocycles. The molecule has 2 rings (SSSR count). The predicted octanol–water partition coefficient (Wildman–Crippen LogP) is 2.44. The molecule has 1 aromatic rings. The SMILES string of the molecule is CN1CCc2ccccc2C(C(F)(F)F)=N1. The fraction of sp³-hybridized carbons (Fsp3) is 0.364. The van der Waals surface area contributed by atoms with Gasteiger partial charge in [0.05, 0.1) is 0 Å². The summed E-state index contributed by atoms with van der Waals surface area (Å²) in [4.78, 5) is 0. The van der Waals surface area contributed by atoms with Crippen molar-refractivity contribution in [2.45, 2.75) is 12.6 Å². The zero-order chi connectivity index (χ0) is 11.8. The van der Waals surface area contributed by atoms with Gasteiger partial charge in [0.25, 0.3) is 0 Å². The van der Waals surface area contributed by atoms with Crippen LogP contribution in [0.5, 0.6) is 0 Å². The van der Waals surface area contributed by atoms with Crippen molar-refractivity contribution in [3.8, 4) is 0 Å². The van der Waals surface area contributed by atoms with Gasteiger partial charge in [-0.15, -0.1) is 0 Å². The summed E-state index contributed by atoms with van der Waals surface area (Å²) in [6.45, 7) is 0.497. The third-order valence-corrected chi connectivity index (χ3v) is 2.52. The number of nitrogens with zero attached hydrogens (tertiary/aromatic N) is 2. The van der Waals surface area contributed by atoms with E-state index in [-0.39, 0.29) is 5.56 Å². The number of rotatable bonds is 0. The first-order chi connectivity index (χ1) is 7.48. The Labute approximate surface area is 91.4 Å². The van der Waals surface area contributed by atoms with Crippen LogP contribution in [0.2, 0.25) is 0 Å². The standard InChI is InChI=1S/C11H11F3N2/c1-16-7-6-8-4-2-3-5-9(8)10(15-16)11(12,13)14/h2-5H,6-7H2,1H3. The van der Waals surface area contributed by atoms with Crippen molar-refractivity contribution < 1.29 is 13.2 Å². The number of hydrogen-bond donors (Lipinski definition) is 0. The molecule has 1 heterocycles. The second-order valence-electron chi connectivity index (χ2n) is 3.73. The Morgan fingerprint density at radius 1 is 1.25 bits per heavy atom. The summed E-state index contributed by atoms with van der Waals surface area (Å²) in [7, 11) is 1.55. The van der Waals surface area contributed by atoms with Gasteiger partial charge in [-0.3, -0.25) is 5.01 Å². The van der Waals surface area contributed by atoms with E-state index >= 15 is 0 Å². The van der Waals surface area contributed by atoms with E-state index in [4.69, 9.17) is 0 Å². The molecule has 86 valence electrons. The Morgan fingerprint density at radius 3 is 2.62 bits per heavy atom. The van der Waals surface area contributed by atoms with E-state index in [1.807, 2.05) is 0 Å². The Kier molecular flexibility index (Phi) is 2.61. The van der Waals surface area contributed by atoms with Crippen LogP contribution in [0.1, 0.15) is 11.1 Å². The predicted molar refractivity (Wildman–Crippen MR) is 55.4 cm³/mol. The molecule has 16 heavy (non-hydrogen) atoms. The topological polar surface area (TPSA) is 15.6 Å². The lowest BCUT2D eigenvalue weighted by Gasteiger charge is -2.13. The highest BCUT2D eigenvalue weighted by Gasteiger charge is 2.39. The first-order valence-electron chi connectivity index (χ1n) is 4.93. The molecule has 0 aliphatic carbocycles. The minimum Gasteiger partial charge on any atom is -0.299 e. The summed E-state index contributed by atoms with van der Waals surface area (Å²) in [6, 6.07) is 6.54. The molecular weight excluding hydrogens is 217 g/mol. The van der Waals surface area contributed by atoms with Crippen LogP contribution in [0.3, 0.4) is 0 Å². The Hall–Kier alpha value is -1.52. The van der Waals surface area contributed by atoms with Crippen LogP contribution in [0.15, 0.2) is 29.4 Å². The molecule has 0 radical (unpaired) electrons. The van der Waals surface area contributed by atoms with E-state index in [0.717, 1.165) is 0 Å². The number of halogens is 3. The van der Waals surface area contributed by atoms with Crippen LogP contribution >= 0.6 is 0 Å². The average molecular weight is 228 g/mol. The number of likely N-dealkylation sites (N-methyl/N-ethyl adjacent to an activating group) is 1. The van der Waals surface area contributed by atoms with E-state index in [1.165, 1.54) is 11.1 Å². The van der Waals surface area contributed by atoms with Crippen LogP contribution in [0, 0.1) is 0 Å². The van der Waals surface area contributed by atoms with Gasteiger partial charge in [0, 0.05) is 19.2 Å². The first kappa shape index (κ1) is 11.0. The van der Waals surface area contributed by atoms with Crippen LogP contribution in [-0.2, 0) is 6.42 Å². The first-order valence-corrected chi connectivity index (χ1v) is 4.93. The van der Waals surface area contributed by atoms with Crippen molar-refractivity contribution in [1.82, 2.24) is 5.01 Å². The molecule has 0 amide bonds. The Morgan fingerprint density at radius 2 is 1.94 bits per heavy atom. The smallest absolute Gasteiger partial charge is 0.299 e. The van der Waals surface area contributed by atoms with Gasteiger partial charge in [0.2, 0.25) is 0 Å². The lowest BCUT2D eigenvalue weighted by molar-refractivity contribution is -0.0591. The molecule has 1 aliphatic heterocycles. The molecule has 5 heteroatoms. The normalized spacial score (nSPS) is 16.5. The monoisotopic (exact) mass is 228 g/mol. The zero-order valence-electron chi connectivity index (χ0n) is 8.75. The summed E-state index contributed by atoms with van der Waals surface area (Å²) < 4.78 is 38.4. The number of hydrazone groups is 1. The van der Waals surface area contributed by atoms with Crippen molar-refractivity contribution >= 4 is 5.71 Å². The summed E-state index contributed by atoms with van der Waals surface area (Å²) in [6.07, 6.45) is -3.83. The molecule has 0 N–H and O–H groups in total. The van der Waals surface area contributed by atoms with Crippen molar-refractivity contribution in [2.24, 2.45) is 5.10 Å². The quantitative estimate of drug-likeness (QED) is 0.666. The highest BCUT2D eigenvalue weighted by molar-refractivity contribution is 6.05. The zero-order valence-corrected chi connectivity index (χ0v) is 8.75. The van der Waals surface area contributed by atoms with Crippen molar-refractivity contribution in [1.29, 1.82) is 0 Å². The van der Waals surface area contributed by atoms with Gasteiger partial charge in [0.1, 0.15) is 0 Å². The maximum atomic E-state index is 12.8. The minimum atomic E-state index is -4.41. The second kappa shape index (κ2) is 3.81. The van der Waals surface area contributed by atoms with Gasteiger partial charge in [-0.2, -0.15) is 18.3 Å². The van der Waals surface area contributed by atoms with Crippen LogP contribution in [0.25, 0.3) is 0 Å². The lowest BCUT2D eigenvalue weighted by atomic mass is 10.0. The highest BCUT2D eigenvalue weighted by Crippen LogP contribution is 2.27. The van der Waals surface area contributed by atoms with Crippen molar-refractivity contribution in [3.63, 3.8) is 0 Å². The molecule has 0 unspecified atom stereocenters. The summed E-state index contributed by atoms with van der Waals surface area (Å²) in [5.74, 6) is 0. The average Bonchev–Trinajstić information content (AvgIpc) is 2.38. The Bertz CT molecular complexity index is 423. The molecule has 1 aromatic carbocycles. The van der Waals surface area contributed by atoms with Crippen molar-refractivity contribution in [2.75, 3.05) is 13.6 Å². The minimum absolute atomic E-state index is 0.194. The van der Waals surface area contributed by atoms with Gasteiger partial charge in [-0.05, 0) is 12.0 Å². The molecule has 0 spiro atoms. The fourth-order valence-corrected chi connectivity index (χ4v) is 1.74. The van der Waals surface area contributed by atoms with Gasteiger partial charge >= 0.3 is 6.18 Å². The molecular formula is C11H11F3N2. The number of benzene rings is 1. The molecule has 0 fully saturated rings. The highest BCUT2D eigenvalue weighted by atomic mass is 19.4. The summed E-state index contributed by atoms with van der Waals surface area (Å²) >= 11 is 0. The number of alkyl halides is 3. The van der Waals surface area contributed by atoms with Crippen LogP contribution in [0.4, 0.5) is 13.2 Å². The van der Waals surface area contributed by atoms with E-state index in [9.17, 15) is 13.2 Å². The largest absolute Gasteiger partial charge is 0.435 e. The third kappa shape index (κ3) is 2.03. The maximum Gasteiger partial charge on any atom is 0.435 e. The summed E-state index contributed by atoms with van der Waals surface area (Å²) in [5, 5.41) is 4.95.